The average molecular weight is 356 g/mol. The summed E-state index contributed by atoms with van der Waals surface area (Å²) in [7, 11) is 3.10. The number of halogens is 1. The molecule has 0 saturated carbocycles. The minimum atomic E-state index is -0.494. The van der Waals surface area contributed by atoms with Gasteiger partial charge >= 0.3 is 0 Å². The van der Waals surface area contributed by atoms with E-state index >= 15 is 0 Å². The number of hydrogen-bond acceptors (Lipinski definition) is 5. The zero-order chi connectivity index (χ0) is 18.5. The molecule has 0 unspecified atom stereocenters. The predicted molar refractivity (Wildman–Crippen MR) is 93.8 cm³/mol. The standard InChI is InChI=1S/C19H17FN2O4/c1-24-16-8-7-12(9-18(16)25-2)17-10-13(22-26-17)11-19(23)21-15-6-4-3-5-14(15)20/h3-10H,11H2,1-2H3,(H,21,23). The van der Waals surface area contributed by atoms with E-state index in [1.54, 1.807) is 50.6 Å². The summed E-state index contributed by atoms with van der Waals surface area (Å²) >= 11 is 0. The third kappa shape index (κ3) is 3.83. The number of ether oxygens (including phenoxy) is 2. The molecule has 0 aliphatic heterocycles. The Kier molecular flexibility index (Phi) is 5.17. The molecule has 0 bridgehead atoms. The topological polar surface area (TPSA) is 73.6 Å². The quantitative estimate of drug-likeness (QED) is 0.729. The minimum Gasteiger partial charge on any atom is -0.493 e. The van der Waals surface area contributed by atoms with Crippen molar-refractivity contribution in [1.82, 2.24) is 5.16 Å². The molecule has 0 aliphatic rings. The third-order valence-electron chi connectivity index (χ3n) is 3.72. The second kappa shape index (κ2) is 7.69. The van der Waals surface area contributed by atoms with Gasteiger partial charge in [-0.2, -0.15) is 0 Å². The molecule has 1 N–H and O–H groups in total. The molecule has 0 spiro atoms. The molecule has 3 aromatic rings. The second-order valence-electron chi connectivity index (χ2n) is 5.46. The normalized spacial score (nSPS) is 10.4. The molecule has 2 aromatic carbocycles. The lowest BCUT2D eigenvalue weighted by Gasteiger charge is -2.07. The molecule has 1 aromatic heterocycles. The molecule has 3 rings (SSSR count). The number of anilines is 1. The lowest BCUT2D eigenvalue weighted by molar-refractivity contribution is -0.115. The lowest BCUT2D eigenvalue weighted by atomic mass is 10.1. The maximum Gasteiger partial charge on any atom is 0.230 e. The van der Waals surface area contributed by atoms with Crippen molar-refractivity contribution in [1.29, 1.82) is 0 Å². The van der Waals surface area contributed by atoms with Crippen molar-refractivity contribution in [3.05, 3.63) is 60.0 Å². The Balaban J connectivity index is 1.72. The number of para-hydroxylation sites is 1. The highest BCUT2D eigenvalue weighted by atomic mass is 19.1. The first kappa shape index (κ1) is 17.5. The Bertz CT molecular complexity index is 923. The number of methoxy groups -OCH3 is 2. The van der Waals surface area contributed by atoms with Crippen LogP contribution in [0.1, 0.15) is 5.69 Å². The van der Waals surface area contributed by atoms with E-state index in [2.05, 4.69) is 10.5 Å². The van der Waals surface area contributed by atoms with Gasteiger partial charge in [0.15, 0.2) is 17.3 Å². The van der Waals surface area contributed by atoms with E-state index in [1.807, 2.05) is 0 Å². The van der Waals surface area contributed by atoms with Crippen molar-refractivity contribution >= 4 is 11.6 Å². The lowest BCUT2D eigenvalue weighted by Crippen LogP contribution is -2.15. The first-order valence-corrected chi connectivity index (χ1v) is 7.83. The molecule has 7 heteroatoms. The van der Waals surface area contributed by atoms with Gasteiger partial charge in [0.1, 0.15) is 5.82 Å². The Labute approximate surface area is 149 Å². The van der Waals surface area contributed by atoms with Gasteiger partial charge in [0, 0.05) is 11.6 Å². The summed E-state index contributed by atoms with van der Waals surface area (Å²) in [5, 5.41) is 6.40. The SMILES string of the molecule is COc1ccc(-c2cc(CC(=O)Nc3ccccc3F)no2)cc1OC. The van der Waals surface area contributed by atoms with Crippen molar-refractivity contribution in [2.24, 2.45) is 0 Å². The number of hydrogen-bond donors (Lipinski definition) is 1. The first-order chi connectivity index (χ1) is 12.6. The van der Waals surface area contributed by atoms with Crippen LogP contribution >= 0.6 is 0 Å². The fourth-order valence-electron chi connectivity index (χ4n) is 2.44. The van der Waals surface area contributed by atoms with Gasteiger partial charge < -0.3 is 19.3 Å². The maximum absolute atomic E-state index is 13.6. The van der Waals surface area contributed by atoms with Gasteiger partial charge in [-0.05, 0) is 30.3 Å². The highest BCUT2D eigenvalue weighted by Gasteiger charge is 2.14. The van der Waals surface area contributed by atoms with Crippen LogP contribution in [0.15, 0.2) is 53.1 Å². The summed E-state index contributed by atoms with van der Waals surface area (Å²) in [5.41, 5.74) is 1.29. The van der Waals surface area contributed by atoms with Crippen LogP contribution in [0.25, 0.3) is 11.3 Å². The Hall–Kier alpha value is -3.35. The predicted octanol–water partition coefficient (Wildman–Crippen LogP) is 3.68. The van der Waals surface area contributed by atoms with Crippen LogP contribution < -0.4 is 14.8 Å². The zero-order valence-electron chi connectivity index (χ0n) is 14.3. The monoisotopic (exact) mass is 356 g/mol. The molecule has 0 aliphatic carbocycles. The third-order valence-corrected chi connectivity index (χ3v) is 3.72. The van der Waals surface area contributed by atoms with Gasteiger partial charge in [-0.3, -0.25) is 4.79 Å². The van der Waals surface area contributed by atoms with Gasteiger partial charge in [-0.15, -0.1) is 0 Å². The van der Waals surface area contributed by atoms with Crippen molar-refractivity contribution in [2.75, 3.05) is 19.5 Å². The van der Waals surface area contributed by atoms with Crippen molar-refractivity contribution in [2.45, 2.75) is 6.42 Å². The first-order valence-electron chi connectivity index (χ1n) is 7.83. The van der Waals surface area contributed by atoms with E-state index in [-0.39, 0.29) is 18.0 Å². The van der Waals surface area contributed by atoms with Crippen molar-refractivity contribution in [3.8, 4) is 22.8 Å². The molecule has 0 fully saturated rings. The maximum atomic E-state index is 13.6. The van der Waals surface area contributed by atoms with Crippen LogP contribution in [0, 0.1) is 5.82 Å². The van der Waals surface area contributed by atoms with Crippen molar-refractivity contribution < 1.29 is 23.2 Å². The number of amides is 1. The van der Waals surface area contributed by atoms with Gasteiger partial charge in [0.25, 0.3) is 0 Å². The summed E-state index contributed by atoms with van der Waals surface area (Å²) in [6.07, 6.45) is -0.0366. The van der Waals surface area contributed by atoms with Crippen LogP contribution in [-0.2, 0) is 11.2 Å². The highest BCUT2D eigenvalue weighted by Crippen LogP contribution is 2.32. The van der Waals surface area contributed by atoms with E-state index in [1.165, 1.54) is 12.1 Å². The van der Waals surface area contributed by atoms with Gasteiger partial charge in [0.05, 0.1) is 32.0 Å². The molecule has 134 valence electrons. The Morgan fingerprint density at radius 2 is 1.88 bits per heavy atom. The van der Waals surface area contributed by atoms with Crippen LogP contribution in [0.3, 0.4) is 0 Å². The molecule has 0 saturated heterocycles. The fraction of sp³-hybridized carbons (Fsp3) is 0.158. The average Bonchev–Trinajstić information content (AvgIpc) is 3.11. The molecule has 0 atom stereocenters. The molecular formula is C19H17FN2O4. The smallest absolute Gasteiger partial charge is 0.230 e. The number of carbonyl (C=O) groups excluding carboxylic acids is 1. The molecule has 1 heterocycles. The molecular weight excluding hydrogens is 339 g/mol. The van der Waals surface area contributed by atoms with E-state index in [4.69, 9.17) is 14.0 Å². The van der Waals surface area contributed by atoms with Crippen LogP contribution in [0.2, 0.25) is 0 Å². The van der Waals surface area contributed by atoms with E-state index < -0.39 is 5.82 Å². The number of carbonyl (C=O) groups is 1. The number of rotatable bonds is 6. The molecule has 26 heavy (non-hydrogen) atoms. The molecule has 1 amide bonds. The summed E-state index contributed by atoms with van der Waals surface area (Å²) in [5.74, 6) is 0.759. The van der Waals surface area contributed by atoms with E-state index in [9.17, 15) is 9.18 Å². The summed E-state index contributed by atoms with van der Waals surface area (Å²) in [4.78, 5) is 12.1. The number of nitrogens with zero attached hydrogens (tertiary/aromatic N) is 1. The van der Waals surface area contributed by atoms with Crippen LogP contribution in [0.4, 0.5) is 10.1 Å². The van der Waals surface area contributed by atoms with E-state index in [0.717, 1.165) is 5.56 Å². The second-order valence-corrected chi connectivity index (χ2v) is 5.46. The number of nitrogens with one attached hydrogen (secondary N) is 1. The number of aromatic nitrogens is 1. The minimum absolute atomic E-state index is 0.0366. The summed E-state index contributed by atoms with van der Waals surface area (Å²) < 4.78 is 29.3. The largest absolute Gasteiger partial charge is 0.493 e. The summed E-state index contributed by atoms with van der Waals surface area (Å²) in [6, 6.07) is 12.9. The Morgan fingerprint density at radius 1 is 1.12 bits per heavy atom. The highest BCUT2D eigenvalue weighted by molar-refractivity contribution is 5.92. The number of benzene rings is 2. The summed E-state index contributed by atoms with van der Waals surface area (Å²) in [6.45, 7) is 0. The molecule has 6 nitrogen and oxygen atoms in total. The molecule has 0 radical (unpaired) electrons. The van der Waals surface area contributed by atoms with Crippen LogP contribution in [0.5, 0.6) is 11.5 Å². The van der Waals surface area contributed by atoms with E-state index in [0.29, 0.717) is 23.0 Å². The van der Waals surface area contributed by atoms with Gasteiger partial charge in [-0.25, -0.2) is 4.39 Å². The van der Waals surface area contributed by atoms with Gasteiger partial charge in [-0.1, -0.05) is 17.3 Å². The van der Waals surface area contributed by atoms with Crippen LogP contribution in [-0.4, -0.2) is 25.3 Å². The van der Waals surface area contributed by atoms with Crippen molar-refractivity contribution in [3.63, 3.8) is 0 Å². The van der Waals surface area contributed by atoms with Gasteiger partial charge in [0.2, 0.25) is 5.91 Å². The fourth-order valence-corrected chi connectivity index (χ4v) is 2.44. The zero-order valence-corrected chi connectivity index (χ0v) is 14.3. The Morgan fingerprint density at radius 3 is 2.62 bits per heavy atom.